The summed E-state index contributed by atoms with van der Waals surface area (Å²) >= 11 is 0. The Kier molecular flexibility index (Phi) is 5.89. The molecular weight excluding hydrogens is 372 g/mol. The lowest BCUT2D eigenvalue weighted by atomic mass is 10.1. The zero-order chi connectivity index (χ0) is 20.2. The van der Waals surface area contributed by atoms with Crippen LogP contribution in [0.3, 0.4) is 0 Å². The number of nitrogens with one attached hydrogen (secondary N) is 1. The van der Waals surface area contributed by atoms with Crippen LogP contribution in [-0.4, -0.2) is 55.1 Å². The topological polar surface area (TPSA) is 131 Å². The Morgan fingerprint density at radius 2 is 2.03 bits per heavy atom. The van der Waals surface area contributed by atoms with Crippen molar-refractivity contribution in [1.29, 1.82) is 0 Å². The molecule has 9 heteroatoms. The molecule has 5 N–H and O–H groups in total. The molecule has 0 aliphatic carbocycles. The molecule has 0 spiro atoms. The Bertz CT molecular complexity index is 948. The summed E-state index contributed by atoms with van der Waals surface area (Å²) in [6, 6.07) is 10.4. The van der Waals surface area contributed by atoms with Crippen LogP contribution in [0.4, 0.5) is 11.8 Å². The lowest BCUT2D eigenvalue weighted by Gasteiger charge is -2.17. The number of hydrogen-bond acceptors (Lipinski definition) is 8. The number of fused-ring (bicyclic) bond motifs is 1. The maximum absolute atomic E-state index is 10.1. The first-order valence-electron chi connectivity index (χ1n) is 9.88. The van der Waals surface area contributed by atoms with Crippen LogP contribution in [0.5, 0.6) is 0 Å². The minimum absolute atomic E-state index is 0.246. The Morgan fingerprint density at radius 1 is 1.21 bits per heavy atom. The van der Waals surface area contributed by atoms with Gasteiger partial charge in [0.1, 0.15) is 18.7 Å². The van der Waals surface area contributed by atoms with Crippen LogP contribution in [0.25, 0.3) is 11.2 Å². The van der Waals surface area contributed by atoms with Crippen molar-refractivity contribution in [2.75, 3.05) is 24.2 Å². The van der Waals surface area contributed by atoms with Crippen LogP contribution in [0.2, 0.25) is 0 Å². The average molecular weight is 398 g/mol. The maximum Gasteiger partial charge on any atom is 0.207 e. The fourth-order valence-electron chi connectivity index (χ4n) is 3.66. The van der Waals surface area contributed by atoms with Crippen LogP contribution in [-0.2, 0) is 11.2 Å². The van der Waals surface area contributed by atoms with Gasteiger partial charge in [-0.25, -0.2) is 15.0 Å². The summed E-state index contributed by atoms with van der Waals surface area (Å²) in [5.41, 5.74) is 8.33. The number of nitrogens with zero attached hydrogens (tertiary/aromatic N) is 4. The fraction of sp³-hybridized carbons (Fsp3) is 0.450. The van der Waals surface area contributed by atoms with Crippen LogP contribution >= 0.6 is 0 Å². The van der Waals surface area contributed by atoms with E-state index in [9.17, 15) is 10.2 Å². The van der Waals surface area contributed by atoms with Crippen molar-refractivity contribution >= 4 is 22.9 Å². The molecular formula is C20H26N6O3. The van der Waals surface area contributed by atoms with E-state index in [2.05, 4.69) is 44.5 Å². The molecule has 3 heterocycles. The SMILES string of the molecule is Nc1ncnc2c1nc(NCCCCc1ccccc1)n2[C@H]1C[C@H](O)[C@@H](CO)O1. The standard InChI is InChI=1S/C20H26N6O3/c21-18-17-19(24-12-23-18)26(16-10-14(28)15(11-27)29-16)20(25-17)22-9-5-4-8-13-6-2-1-3-7-13/h1-3,6-7,12,14-16,27-28H,4-5,8-11H2,(H,22,25)(H2,21,23,24)/t14-,15+,16+/m0/s1. The number of aliphatic hydroxyl groups is 2. The highest BCUT2D eigenvalue weighted by molar-refractivity contribution is 5.84. The molecule has 1 saturated heterocycles. The van der Waals surface area contributed by atoms with Gasteiger partial charge in [0.15, 0.2) is 17.0 Å². The summed E-state index contributed by atoms with van der Waals surface area (Å²) in [4.78, 5) is 12.9. The molecule has 9 nitrogen and oxygen atoms in total. The molecule has 1 aliphatic rings. The van der Waals surface area contributed by atoms with E-state index in [4.69, 9.17) is 10.5 Å². The van der Waals surface area contributed by atoms with Gasteiger partial charge >= 0.3 is 0 Å². The smallest absolute Gasteiger partial charge is 0.207 e. The van der Waals surface area contributed by atoms with E-state index < -0.39 is 18.4 Å². The molecule has 1 fully saturated rings. The number of aromatic nitrogens is 4. The van der Waals surface area contributed by atoms with Gasteiger partial charge in [0.05, 0.1) is 12.7 Å². The van der Waals surface area contributed by atoms with Crippen molar-refractivity contribution in [2.24, 2.45) is 0 Å². The van der Waals surface area contributed by atoms with Gasteiger partial charge in [0, 0.05) is 13.0 Å². The number of aliphatic hydroxyl groups excluding tert-OH is 2. The van der Waals surface area contributed by atoms with Crippen molar-refractivity contribution in [1.82, 2.24) is 19.5 Å². The van der Waals surface area contributed by atoms with Crippen LogP contribution in [0, 0.1) is 0 Å². The Labute approximate surface area is 168 Å². The summed E-state index contributed by atoms with van der Waals surface area (Å²) in [6.07, 6.45) is 2.88. The molecule has 0 saturated carbocycles. The van der Waals surface area contributed by atoms with Gasteiger partial charge in [-0.3, -0.25) is 4.57 Å². The quantitative estimate of drug-likeness (QED) is 0.420. The van der Waals surface area contributed by atoms with Gasteiger partial charge in [-0.1, -0.05) is 30.3 Å². The lowest BCUT2D eigenvalue weighted by molar-refractivity contribution is -0.0425. The molecule has 0 amide bonds. The third kappa shape index (κ3) is 4.16. The molecule has 154 valence electrons. The summed E-state index contributed by atoms with van der Waals surface area (Å²) in [7, 11) is 0. The number of hydrogen-bond donors (Lipinski definition) is 4. The number of unbranched alkanes of at least 4 members (excludes halogenated alkanes) is 1. The number of ether oxygens (including phenoxy) is 1. The second kappa shape index (κ2) is 8.73. The fourth-order valence-corrected chi connectivity index (χ4v) is 3.66. The van der Waals surface area contributed by atoms with Crippen LogP contribution in [0.1, 0.15) is 31.1 Å². The van der Waals surface area contributed by atoms with E-state index in [0.29, 0.717) is 23.5 Å². The lowest BCUT2D eigenvalue weighted by Crippen LogP contribution is -2.24. The van der Waals surface area contributed by atoms with Gasteiger partial charge in [0.2, 0.25) is 5.95 Å². The van der Waals surface area contributed by atoms with Gasteiger partial charge in [-0.05, 0) is 24.8 Å². The van der Waals surface area contributed by atoms with Crippen molar-refractivity contribution < 1.29 is 14.9 Å². The molecule has 3 atom stereocenters. The van der Waals surface area contributed by atoms with E-state index in [1.165, 1.54) is 11.9 Å². The summed E-state index contributed by atoms with van der Waals surface area (Å²) < 4.78 is 7.62. The maximum atomic E-state index is 10.1. The second-order valence-electron chi connectivity index (χ2n) is 7.22. The highest BCUT2D eigenvalue weighted by Gasteiger charge is 2.36. The van der Waals surface area contributed by atoms with Crippen molar-refractivity contribution in [3.05, 3.63) is 42.2 Å². The molecule has 4 rings (SSSR count). The molecule has 0 bridgehead atoms. The molecule has 2 aromatic heterocycles. The summed E-state index contributed by atoms with van der Waals surface area (Å²) in [5, 5.41) is 22.9. The average Bonchev–Trinajstić information content (AvgIpc) is 3.29. The van der Waals surface area contributed by atoms with E-state index in [-0.39, 0.29) is 12.4 Å². The van der Waals surface area contributed by atoms with E-state index >= 15 is 0 Å². The first-order valence-corrected chi connectivity index (χ1v) is 9.88. The zero-order valence-corrected chi connectivity index (χ0v) is 16.1. The summed E-state index contributed by atoms with van der Waals surface area (Å²) in [5.74, 6) is 0.862. The van der Waals surface area contributed by atoms with Crippen molar-refractivity contribution in [3.63, 3.8) is 0 Å². The number of anilines is 2. The second-order valence-corrected chi connectivity index (χ2v) is 7.22. The van der Waals surface area contributed by atoms with E-state index in [1.54, 1.807) is 4.57 Å². The molecule has 1 aromatic carbocycles. The summed E-state index contributed by atoms with van der Waals surface area (Å²) in [6.45, 7) is 0.478. The predicted molar refractivity (Wildman–Crippen MR) is 109 cm³/mol. The highest BCUT2D eigenvalue weighted by atomic mass is 16.5. The van der Waals surface area contributed by atoms with Gasteiger partial charge in [0.25, 0.3) is 0 Å². The largest absolute Gasteiger partial charge is 0.394 e. The predicted octanol–water partition coefficient (Wildman–Crippen LogP) is 1.48. The van der Waals surface area contributed by atoms with Crippen molar-refractivity contribution in [2.45, 2.75) is 44.1 Å². The first-order chi connectivity index (χ1) is 14.2. The van der Waals surface area contributed by atoms with Crippen LogP contribution < -0.4 is 11.1 Å². The third-order valence-electron chi connectivity index (χ3n) is 5.20. The van der Waals surface area contributed by atoms with Crippen LogP contribution in [0.15, 0.2) is 36.7 Å². The highest BCUT2D eigenvalue weighted by Crippen LogP contribution is 2.34. The van der Waals surface area contributed by atoms with Crippen molar-refractivity contribution in [3.8, 4) is 0 Å². The number of nitrogens with two attached hydrogens (primary N) is 1. The zero-order valence-electron chi connectivity index (χ0n) is 16.1. The molecule has 1 aliphatic heterocycles. The van der Waals surface area contributed by atoms with Gasteiger partial charge in [-0.2, -0.15) is 0 Å². The number of benzene rings is 1. The molecule has 0 unspecified atom stereocenters. The van der Waals surface area contributed by atoms with Gasteiger partial charge < -0.3 is 26.0 Å². The molecule has 0 radical (unpaired) electrons. The molecule has 29 heavy (non-hydrogen) atoms. The number of nitrogen functional groups attached to an aromatic ring is 1. The minimum Gasteiger partial charge on any atom is -0.394 e. The minimum atomic E-state index is -0.750. The Morgan fingerprint density at radius 3 is 2.79 bits per heavy atom. The van der Waals surface area contributed by atoms with E-state index in [0.717, 1.165) is 25.8 Å². The Balaban J connectivity index is 1.47. The number of aryl methyl sites for hydroxylation is 1. The number of imidazole rings is 1. The van der Waals surface area contributed by atoms with E-state index in [1.807, 2.05) is 6.07 Å². The number of rotatable bonds is 8. The normalized spacial score (nSPS) is 21.7. The first kappa shape index (κ1) is 19.6. The Hall–Kier alpha value is -2.75. The third-order valence-corrected chi connectivity index (χ3v) is 5.20. The van der Waals surface area contributed by atoms with Gasteiger partial charge in [-0.15, -0.1) is 0 Å². The molecule has 3 aromatic rings. The monoisotopic (exact) mass is 398 g/mol.